The van der Waals surface area contributed by atoms with Crippen LogP contribution in [-0.2, 0) is 16.1 Å². The zero-order valence-electron chi connectivity index (χ0n) is 9.43. The van der Waals surface area contributed by atoms with Crippen LogP contribution in [0.2, 0.25) is 0 Å². The first kappa shape index (κ1) is 11.1. The van der Waals surface area contributed by atoms with Gasteiger partial charge in [0.1, 0.15) is 6.61 Å². The summed E-state index contributed by atoms with van der Waals surface area (Å²) >= 11 is 0. The van der Waals surface area contributed by atoms with E-state index < -0.39 is 0 Å². The number of nitrogens with zero attached hydrogens (tertiary/aromatic N) is 2. The van der Waals surface area contributed by atoms with Crippen molar-refractivity contribution >= 4 is 5.91 Å². The maximum absolute atomic E-state index is 11.8. The standard InChI is InChI=1S/C12H16N2O2/c1-16-9-12(15)14(11-2-3-11)8-10-4-6-13-7-5-10/h4-7,11H,2-3,8-9H2,1H3. The number of carbonyl (C=O) groups excluding carboxylic acids is 1. The number of rotatable bonds is 5. The van der Waals surface area contributed by atoms with Gasteiger partial charge in [-0.3, -0.25) is 9.78 Å². The van der Waals surface area contributed by atoms with Crippen molar-refractivity contribution in [1.29, 1.82) is 0 Å². The molecule has 0 atom stereocenters. The molecular formula is C12H16N2O2. The van der Waals surface area contributed by atoms with Gasteiger partial charge in [0.05, 0.1) is 0 Å². The number of amides is 1. The van der Waals surface area contributed by atoms with Crippen LogP contribution in [0.1, 0.15) is 18.4 Å². The molecule has 1 aromatic heterocycles. The van der Waals surface area contributed by atoms with Crippen LogP contribution in [0.15, 0.2) is 24.5 Å². The van der Waals surface area contributed by atoms with Gasteiger partial charge in [-0.05, 0) is 30.5 Å². The smallest absolute Gasteiger partial charge is 0.249 e. The Bertz CT molecular complexity index is 349. The molecule has 0 radical (unpaired) electrons. The molecule has 2 rings (SSSR count). The number of hydrogen-bond donors (Lipinski definition) is 0. The highest BCUT2D eigenvalue weighted by molar-refractivity contribution is 5.78. The predicted octanol–water partition coefficient (Wildman–Crippen LogP) is 1.22. The molecule has 0 spiro atoms. The fourth-order valence-electron chi connectivity index (χ4n) is 1.70. The summed E-state index contributed by atoms with van der Waals surface area (Å²) in [6.07, 6.45) is 5.73. The van der Waals surface area contributed by atoms with Gasteiger partial charge in [-0.25, -0.2) is 0 Å². The highest BCUT2D eigenvalue weighted by Gasteiger charge is 2.32. The molecule has 16 heavy (non-hydrogen) atoms. The van der Waals surface area contributed by atoms with E-state index in [0.717, 1.165) is 18.4 Å². The molecule has 1 fully saturated rings. The summed E-state index contributed by atoms with van der Waals surface area (Å²) < 4.78 is 4.90. The average Bonchev–Trinajstić information content (AvgIpc) is 3.11. The molecule has 1 saturated carbocycles. The molecule has 0 bridgehead atoms. The van der Waals surface area contributed by atoms with Gasteiger partial charge in [0.15, 0.2) is 0 Å². The molecule has 0 aliphatic heterocycles. The number of methoxy groups -OCH3 is 1. The summed E-state index contributed by atoms with van der Waals surface area (Å²) in [6.45, 7) is 0.830. The minimum Gasteiger partial charge on any atom is -0.375 e. The van der Waals surface area contributed by atoms with E-state index >= 15 is 0 Å². The molecule has 4 nitrogen and oxygen atoms in total. The molecule has 1 aliphatic rings. The first-order valence-corrected chi connectivity index (χ1v) is 5.48. The molecule has 4 heteroatoms. The highest BCUT2D eigenvalue weighted by Crippen LogP contribution is 2.28. The van der Waals surface area contributed by atoms with Crippen molar-refractivity contribution in [2.24, 2.45) is 0 Å². The van der Waals surface area contributed by atoms with Crippen molar-refractivity contribution in [2.75, 3.05) is 13.7 Å². The summed E-state index contributed by atoms with van der Waals surface area (Å²) in [6, 6.07) is 4.29. The number of aromatic nitrogens is 1. The van der Waals surface area contributed by atoms with E-state index in [1.54, 1.807) is 19.5 Å². The predicted molar refractivity (Wildman–Crippen MR) is 59.7 cm³/mol. The Morgan fingerprint density at radius 1 is 1.50 bits per heavy atom. The van der Waals surface area contributed by atoms with Crippen LogP contribution in [-0.4, -0.2) is 35.5 Å². The SMILES string of the molecule is COCC(=O)N(Cc1ccncc1)C1CC1. The van der Waals surface area contributed by atoms with Crippen LogP contribution >= 0.6 is 0 Å². The molecule has 0 aromatic carbocycles. The Hall–Kier alpha value is -1.42. The number of carbonyl (C=O) groups is 1. The first-order chi connectivity index (χ1) is 7.81. The van der Waals surface area contributed by atoms with Crippen LogP contribution in [0.4, 0.5) is 0 Å². The third-order valence-electron chi connectivity index (χ3n) is 2.68. The van der Waals surface area contributed by atoms with Crippen LogP contribution in [0.5, 0.6) is 0 Å². The largest absolute Gasteiger partial charge is 0.375 e. The Labute approximate surface area is 95.2 Å². The average molecular weight is 220 g/mol. The van der Waals surface area contributed by atoms with Gasteiger partial charge in [-0.1, -0.05) is 0 Å². The zero-order chi connectivity index (χ0) is 11.4. The molecule has 86 valence electrons. The Morgan fingerprint density at radius 3 is 2.75 bits per heavy atom. The highest BCUT2D eigenvalue weighted by atomic mass is 16.5. The molecule has 0 unspecified atom stereocenters. The van der Waals surface area contributed by atoms with Crippen LogP contribution in [0.25, 0.3) is 0 Å². The summed E-state index contributed by atoms with van der Waals surface area (Å²) in [5.41, 5.74) is 1.12. The lowest BCUT2D eigenvalue weighted by molar-refractivity contribution is -0.136. The Kier molecular flexibility index (Phi) is 3.51. The maximum Gasteiger partial charge on any atom is 0.249 e. The first-order valence-electron chi connectivity index (χ1n) is 5.48. The second kappa shape index (κ2) is 5.07. The van der Waals surface area contributed by atoms with Crippen molar-refractivity contribution in [2.45, 2.75) is 25.4 Å². The van der Waals surface area contributed by atoms with Crippen LogP contribution in [0.3, 0.4) is 0 Å². The Morgan fingerprint density at radius 2 is 2.19 bits per heavy atom. The van der Waals surface area contributed by atoms with Gasteiger partial charge in [0, 0.05) is 32.1 Å². The van der Waals surface area contributed by atoms with Crippen molar-refractivity contribution in [3.05, 3.63) is 30.1 Å². The third-order valence-corrected chi connectivity index (χ3v) is 2.68. The molecule has 1 amide bonds. The van der Waals surface area contributed by atoms with Crippen molar-refractivity contribution in [1.82, 2.24) is 9.88 Å². The van der Waals surface area contributed by atoms with Gasteiger partial charge in [0.2, 0.25) is 5.91 Å². The third kappa shape index (κ3) is 2.79. The molecular weight excluding hydrogens is 204 g/mol. The second-order valence-electron chi connectivity index (χ2n) is 4.04. The normalized spacial score (nSPS) is 14.8. The lowest BCUT2D eigenvalue weighted by Gasteiger charge is -2.22. The van der Waals surface area contributed by atoms with Crippen LogP contribution in [0, 0.1) is 0 Å². The maximum atomic E-state index is 11.8. The summed E-state index contributed by atoms with van der Waals surface area (Å²) in [4.78, 5) is 17.7. The zero-order valence-corrected chi connectivity index (χ0v) is 9.43. The summed E-state index contributed by atoms with van der Waals surface area (Å²) in [5.74, 6) is 0.0711. The number of ether oxygens (including phenoxy) is 1. The van der Waals surface area contributed by atoms with E-state index in [1.165, 1.54) is 0 Å². The molecule has 0 N–H and O–H groups in total. The fraction of sp³-hybridized carbons (Fsp3) is 0.500. The van der Waals surface area contributed by atoms with Crippen LogP contribution < -0.4 is 0 Å². The summed E-state index contributed by atoms with van der Waals surface area (Å²) in [5, 5.41) is 0. The van der Waals surface area contributed by atoms with Crippen molar-refractivity contribution in [3.8, 4) is 0 Å². The van der Waals surface area contributed by atoms with Gasteiger partial charge >= 0.3 is 0 Å². The molecule has 1 aliphatic carbocycles. The van der Waals surface area contributed by atoms with Gasteiger partial charge in [0.25, 0.3) is 0 Å². The second-order valence-corrected chi connectivity index (χ2v) is 4.04. The quantitative estimate of drug-likeness (QED) is 0.749. The van der Waals surface area contributed by atoms with Gasteiger partial charge < -0.3 is 9.64 Å². The monoisotopic (exact) mass is 220 g/mol. The molecule has 0 saturated heterocycles. The Balaban J connectivity index is 2.00. The van der Waals surface area contributed by atoms with E-state index in [-0.39, 0.29) is 12.5 Å². The number of pyridine rings is 1. The van der Waals surface area contributed by atoms with Gasteiger partial charge in [-0.2, -0.15) is 0 Å². The number of hydrogen-bond acceptors (Lipinski definition) is 3. The van der Waals surface area contributed by atoms with E-state index in [0.29, 0.717) is 12.6 Å². The summed E-state index contributed by atoms with van der Waals surface area (Å²) in [7, 11) is 1.55. The van der Waals surface area contributed by atoms with E-state index in [2.05, 4.69) is 4.98 Å². The van der Waals surface area contributed by atoms with E-state index in [4.69, 9.17) is 4.74 Å². The van der Waals surface area contributed by atoms with Crippen molar-refractivity contribution < 1.29 is 9.53 Å². The lowest BCUT2D eigenvalue weighted by Crippen LogP contribution is -2.35. The van der Waals surface area contributed by atoms with Gasteiger partial charge in [-0.15, -0.1) is 0 Å². The topological polar surface area (TPSA) is 42.4 Å². The molecule has 1 aromatic rings. The minimum absolute atomic E-state index is 0.0711. The van der Waals surface area contributed by atoms with Crippen molar-refractivity contribution in [3.63, 3.8) is 0 Å². The van der Waals surface area contributed by atoms with E-state index in [1.807, 2.05) is 17.0 Å². The fourth-order valence-corrected chi connectivity index (χ4v) is 1.70. The van der Waals surface area contributed by atoms with E-state index in [9.17, 15) is 4.79 Å². The molecule has 1 heterocycles. The lowest BCUT2D eigenvalue weighted by atomic mass is 10.2. The minimum atomic E-state index is 0.0711.